The van der Waals surface area contributed by atoms with E-state index in [4.69, 9.17) is 4.74 Å². The summed E-state index contributed by atoms with van der Waals surface area (Å²) in [4.78, 5) is 37.0. The molecule has 5 heteroatoms. The first-order chi connectivity index (χ1) is 11.1. The van der Waals surface area contributed by atoms with Crippen molar-refractivity contribution < 1.29 is 19.1 Å². The van der Waals surface area contributed by atoms with Crippen molar-refractivity contribution >= 4 is 17.8 Å². The van der Waals surface area contributed by atoms with E-state index in [0.717, 1.165) is 23.3 Å². The lowest BCUT2D eigenvalue weighted by atomic mass is 9.98. The second-order valence-electron chi connectivity index (χ2n) is 5.64. The molecule has 1 aromatic rings. The van der Waals surface area contributed by atoms with Crippen LogP contribution in [0.4, 0.5) is 0 Å². The van der Waals surface area contributed by atoms with Crippen molar-refractivity contribution in [1.29, 1.82) is 0 Å². The number of esters is 1. The van der Waals surface area contributed by atoms with Crippen molar-refractivity contribution in [2.75, 3.05) is 6.54 Å². The minimum atomic E-state index is -0.577. The van der Waals surface area contributed by atoms with E-state index in [1.807, 2.05) is 36.4 Å². The first-order valence-electron chi connectivity index (χ1n) is 7.61. The number of hydrogen-bond donors (Lipinski definition) is 0. The molecule has 1 atom stereocenters. The summed E-state index contributed by atoms with van der Waals surface area (Å²) < 4.78 is 5.35. The van der Waals surface area contributed by atoms with E-state index in [2.05, 4.69) is 0 Å². The summed E-state index contributed by atoms with van der Waals surface area (Å²) in [6.45, 7) is 0.0334. The molecule has 1 aliphatic carbocycles. The summed E-state index contributed by atoms with van der Waals surface area (Å²) in [6, 6.07) is 9.50. The van der Waals surface area contributed by atoms with Gasteiger partial charge in [0.15, 0.2) is 0 Å². The number of ether oxygens (including phenoxy) is 1. The number of nitrogens with zero attached hydrogens (tertiary/aromatic N) is 1. The topological polar surface area (TPSA) is 63.7 Å². The van der Waals surface area contributed by atoms with Crippen LogP contribution in [-0.4, -0.2) is 29.2 Å². The molecule has 1 unspecified atom stereocenters. The molecule has 0 N–H and O–H groups in total. The molecule has 2 aliphatic rings. The molecular weight excluding hydrogens is 294 g/mol. The summed E-state index contributed by atoms with van der Waals surface area (Å²) in [5.41, 5.74) is 0.962. The third-order valence-corrected chi connectivity index (χ3v) is 3.96. The third kappa shape index (κ3) is 3.56. The van der Waals surface area contributed by atoms with Gasteiger partial charge in [-0.05, 0) is 24.5 Å². The second kappa shape index (κ2) is 6.60. The van der Waals surface area contributed by atoms with Gasteiger partial charge in [-0.25, -0.2) is 0 Å². The molecule has 5 nitrogen and oxygen atoms in total. The van der Waals surface area contributed by atoms with Gasteiger partial charge in [0, 0.05) is 25.1 Å². The maximum absolute atomic E-state index is 12.4. The maximum Gasteiger partial charge on any atom is 0.316 e. The van der Waals surface area contributed by atoms with Crippen LogP contribution in [0.15, 0.2) is 54.3 Å². The Bertz CT molecular complexity index is 672. The van der Waals surface area contributed by atoms with E-state index in [1.165, 1.54) is 12.2 Å². The predicted octanol–water partition coefficient (Wildman–Crippen LogP) is 1.99. The van der Waals surface area contributed by atoms with Crippen LogP contribution in [-0.2, 0) is 25.5 Å². The average molecular weight is 311 g/mol. The van der Waals surface area contributed by atoms with E-state index in [-0.39, 0.29) is 18.4 Å². The van der Waals surface area contributed by atoms with Crippen molar-refractivity contribution in [3.8, 4) is 0 Å². The van der Waals surface area contributed by atoms with E-state index in [0.29, 0.717) is 12.2 Å². The van der Waals surface area contributed by atoms with Gasteiger partial charge in [-0.3, -0.25) is 19.3 Å². The van der Waals surface area contributed by atoms with Crippen LogP contribution in [0.5, 0.6) is 0 Å². The fourth-order valence-corrected chi connectivity index (χ4v) is 2.52. The number of rotatable bonds is 6. The minimum absolute atomic E-state index is 0.0334. The Morgan fingerprint density at radius 3 is 2.35 bits per heavy atom. The fraction of sp³-hybridized carbons (Fsp3) is 0.278. The lowest BCUT2D eigenvalue weighted by molar-refractivity contribution is -0.147. The number of carbonyl (C=O) groups is 3. The van der Waals surface area contributed by atoms with Crippen molar-refractivity contribution in [2.24, 2.45) is 5.92 Å². The van der Waals surface area contributed by atoms with Gasteiger partial charge >= 0.3 is 5.97 Å². The molecule has 0 fully saturated rings. The average Bonchev–Trinajstić information content (AvgIpc) is 2.83. The Labute approximate surface area is 134 Å². The van der Waals surface area contributed by atoms with Crippen molar-refractivity contribution in [2.45, 2.75) is 19.3 Å². The molecule has 3 rings (SSSR count). The van der Waals surface area contributed by atoms with Gasteiger partial charge in [0.1, 0.15) is 5.76 Å². The molecule has 2 amide bonds. The van der Waals surface area contributed by atoms with Gasteiger partial charge in [-0.2, -0.15) is 0 Å². The highest BCUT2D eigenvalue weighted by Crippen LogP contribution is 2.22. The SMILES string of the molecule is O=C(OC1=CCC1)C(Cc1ccccc1)CN1C(=O)C=CC1=O. The third-order valence-electron chi connectivity index (χ3n) is 3.96. The van der Waals surface area contributed by atoms with Gasteiger partial charge in [0.2, 0.25) is 0 Å². The first kappa shape index (κ1) is 15.2. The number of benzene rings is 1. The Hall–Kier alpha value is -2.69. The van der Waals surface area contributed by atoms with Gasteiger partial charge in [0.25, 0.3) is 11.8 Å². The summed E-state index contributed by atoms with van der Waals surface area (Å²) in [5, 5.41) is 0. The van der Waals surface area contributed by atoms with Gasteiger partial charge in [-0.15, -0.1) is 0 Å². The van der Waals surface area contributed by atoms with E-state index in [1.54, 1.807) is 0 Å². The summed E-state index contributed by atoms with van der Waals surface area (Å²) in [6.07, 6.45) is 6.41. The molecule has 0 saturated carbocycles. The molecule has 1 aromatic carbocycles. The molecule has 1 heterocycles. The van der Waals surface area contributed by atoms with E-state index >= 15 is 0 Å². The predicted molar refractivity (Wildman–Crippen MR) is 82.9 cm³/mol. The molecular formula is C18H17NO4. The van der Waals surface area contributed by atoms with Gasteiger partial charge in [0.05, 0.1) is 5.92 Å². The number of imide groups is 1. The highest BCUT2D eigenvalue weighted by molar-refractivity contribution is 6.13. The lowest BCUT2D eigenvalue weighted by Gasteiger charge is -2.23. The monoisotopic (exact) mass is 311 g/mol. The highest BCUT2D eigenvalue weighted by Gasteiger charge is 2.31. The molecule has 0 saturated heterocycles. The molecule has 0 bridgehead atoms. The van der Waals surface area contributed by atoms with Crippen LogP contribution in [0.2, 0.25) is 0 Å². The Morgan fingerprint density at radius 2 is 1.78 bits per heavy atom. The molecule has 0 aromatic heterocycles. The number of hydrogen-bond acceptors (Lipinski definition) is 4. The van der Waals surface area contributed by atoms with Crippen molar-refractivity contribution in [3.63, 3.8) is 0 Å². The van der Waals surface area contributed by atoms with Crippen LogP contribution >= 0.6 is 0 Å². The fourth-order valence-electron chi connectivity index (χ4n) is 2.52. The molecule has 0 radical (unpaired) electrons. The number of carbonyl (C=O) groups excluding carboxylic acids is 3. The quantitative estimate of drug-likeness (QED) is 0.595. The molecule has 118 valence electrons. The van der Waals surface area contributed by atoms with Crippen LogP contribution in [0, 0.1) is 5.92 Å². The summed E-state index contributed by atoms with van der Waals surface area (Å²) in [7, 11) is 0. The lowest BCUT2D eigenvalue weighted by Crippen LogP contribution is -2.39. The summed E-state index contributed by atoms with van der Waals surface area (Å²) in [5.74, 6) is -1.07. The smallest absolute Gasteiger partial charge is 0.316 e. The van der Waals surface area contributed by atoms with E-state index < -0.39 is 11.9 Å². The van der Waals surface area contributed by atoms with E-state index in [9.17, 15) is 14.4 Å². The molecule has 23 heavy (non-hydrogen) atoms. The van der Waals surface area contributed by atoms with Crippen LogP contribution in [0.25, 0.3) is 0 Å². The van der Waals surface area contributed by atoms with Crippen LogP contribution in [0.1, 0.15) is 18.4 Å². The molecule has 0 spiro atoms. The number of amides is 2. The Morgan fingerprint density at radius 1 is 1.13 bits per heavy atom. The molecule has 1 aliphatic heterocycles. The van der Waals surface area contributed by atoms with Crippen LogP contribution < -0.4 is 0 Å². The Kier molecular flexibility index (Phi) is 4.37. The van der Waals surface area contributed by atoms with Gasteiger partial charge < -0.3 is 4.74 Å². The summed E-state index contributed by atoms with van der Waals surface area (Å²) >= 11 is 0. The zero-order valence-electron chi connectivity index (χ0n) is 12.6. The highest BCUT2D eigenvalue weighted by atomic mass is 16.5. The largest absolute Gasteiger partial charge is 0.431 e. The first-order valence-corrected chi connectivity index (χ1v) is 7.61. The zero-order chi connectivity index (χ0) is 16.2. The standard InChI is InChI=1S/C18H17NO4/c20-16-9-10-17(21)19(16)12-14(11-13-5-2-1-3-6-13)18(22)23-15-7-4-8-15/h1-3,5-7,9-10,14H,4,8,11-12H2. The Balaban J connectivity index is 1.73. The minimum Gasteiger partial charge on any atom is -0.431 e. The van der Waals surface area contributed by atoms with Crippen molar-refractivity contribution in [3.05, 3.63) is 59.9 Å². The van der Waals surface area contributed by atoms with Crippen molar-refractivity contribution in [1.82, 2.24) is 4.90 Å². The van der Waals surface area contributed by atoms with Gasteiger partial charge in [-0.1, -0.05) is 30.3 Å². The second-order valence-corrected chi connectivity index (χ2v) is 5.64. The maximum atomic E-state index is 12.4. The normalized spacial score (nSPS) is 17.7. The zero-order valence-corrected chi connectivity index (χ0v) is 12.6. The number of allylic oxidation sites excluding steroid dienone is 2. The van der Waals surface area contributed by atoms with Crippen LogP contribution in [0.3, 0.4) is 0 Å².